The van der Waals surface area contributed by atoms with Gasteiger partial charge in [0.05, 0.1) is 5.56 Å². The van der Waals surface area contributed by atoms with Crippen LogP contribution < -0.4 is 11.1 Å². The third kappa shape index (κ3) is 3.64. The lowest BCUT2D eigenvalue weighted by atomic mass is 9.95. The number of nitrogens with two attached hydrogens (primary N) is 1. The number of aromatic hydroxyl groups is 1. The van der Waals surface area contributed by atoms with E-state index in [9.17, 15) is 9.90 Å². The Balaban J connectivity index is 2.74. The normalized spacial score (nSPS) is 11.2. The minimum atomic E-state index is -0.388. The van der Waals surface area contributed by atoms with Gasteiger partial charge in [-0.05, 0) is 18.2 Å². The van der Waals surface area contributed by atoms with Gasteiger partial charge in [0.2, 0.25) is 0 Å². The molecule has 1 aromatic carbocycles. The molecule has 0 spiro atoms. The van der Waals surface area contributed by atoms with Gasteiger partial charge < -0.3 is 21.3 Å². The molecule has 0 aliphatic rings. The molecule has 0 fully saturated rings. The average Bonchev–Trinajstić information content (AvgIpc) is 2.29. The number of hydrogen-bond donors (Lipinski definition) is 4. The van der Waals surface area contributed by atoms with Crippen LogP contribution >= 0.6 is 0 Å². The topological polar surface area (TPSA) is 95.6 Å². The van der Waals surface area contributed by atoms with Crippen LogP contribution in [0.3, 0.4) is 0 Å². The summed E-state index contributed by atoms with van der Waals surface area (Å²) in [5.74, 6) is -0.370. The minimum Gasteiger partial charge on any atom is -0.508 e. The van der Waals surface area contributed by atoms with E-state index in [4.69, 9.17) is 10.8 Å². The number of phenols is 1. The zero-order valence-electron chi connectivity index (χ0n) is 10.0. The number of anilines is 1. The lowest BCUT2D eigenvalue weighted by Crippen LogP contribution is -2.36. The van der Waals surface area contributed by atoms with Crippen LogP contribution in [0, 0.1) is 5.41 Å². The van der Waals surface area contributed by atoms with E-state index in [-0.39, 0.29) is 29.2 Å². The second-order valence-corrected chi connectivity index (χ2v) is 4.78. The molecule has 5 nitrogen and oxygen atoms in total. The van der Waals surface area contributed by atoms with Crippen LogP contribution in [0.2, 0.25) is 0 Å². The first kappa shape index (κ1) is 13.3. The van der Waals surface area contributed by atoms with Gasteiger partial charge in [-0.25, -0.2) is 0 Å². The molecule has 94 valence electrons. The van der Waals surface area contributed by atoms with Crippen LogP contribution in [0.4, 0.5) is 5.69 Å². The Morgan fingerprint density at radius 1 is 1.47 bits per heavy atom. The number of rotatable bonds is 4. The largest absolute Gasteiger partial charge is 0.508 e. The van der Waals surface area contributed by atoms with E-state index in [2.05, 4.69) is 5.32 Å². The molecule has 0 aliphatic heterocycles. The molecule has 0 aromatic heterocycles. The highest BCUT2D eigenvalue weighted by Gasteiger charge is 2.19. The molecule has 0 bridgehead atoms. The fraction of sp³-hybridized carbons (Fsp3) is 0.417. The Kier molecular flexibility index (Phi) is 3.96. The maximum Gasteiger partial charge on any atom is 0.253 e. The van der Waals surface area contributed by atoms with Crippen molar-refractivity contribution in [3.63, 3.8) is 0 Å². The minimum absolute atomic E-state index is 0.00855. The van der Waals surface area contributed by atoms with Crippen molar-refractivity contribution in [2.75, 3.05) is 18.9 Å². The summed E-state index contributed by atoms with van der Waals surface area (Å²) in [4.78, 5) is 11.8. The van der Waals surface area contributed by atoms with Crippen molar-refractivity contribution in [3.8, 4) is 5.75 Å². The number of nitrogens with one attached hydrogen (secondary N) is 1. The van der Waals surface area contributed by atoms with E-state index in [0.717, 1.165) is 0 Å². The molecule has 17 heavy (non-hydrogen) atoms. The van der Waals surface area contributed by atoms with Gasteiger partial charge in [0.25, 0.3) is 5.91 Å². The van der Waals surface area contributed by atoms with Crippen LogP contribution in [0.5, 0.6) is 5.75 Å². The number of carbonyl (C=O) groups excluding carboxylic acids is 1. The number of phenolic OH excluding ortho intramolecular Hbond substituents is 1. The Hall–Kier alpha value is -1.75. The molecule has 0 atom stereocenters. The van der Waals surface area contributed by atoms with Gasteiger partial charge in [0, 0.05) is 24.3 Å². The second kappa shape index (κ2) is 5.05. The molecule has 1 rings (SSSR count). The number of carbonyl (C=O) groups is 1. The molecule has 5 heteroatoms. The van der Waals surface area contributed by atoms with E-state index in [1.807, 2.05) is 13.8 Å². The predicted octanol–water partition coefficient (Wildman–Crippen LogP) is 0.723. The zero-order valence-corrected chi connectivity index (χ0v) is 10.0. The first-order valence-electron chi connectivity index (χ1n) is 5.33. The fourth-order valence-corrected chi connectivity index (χ4v) is 1.21. The molecule has 0 unspecified atom stereocenters. The molecular formula is C12H18N2O3. The van der Waals surface area contributed by atoms with E-state index >= 15 is 0 Å². The highest BCUT2D eigenvalue weighted by molar-refractivity contribution is 5.99. The standard InChI is InChI=1S/C12H18N2O3/c1-12(2,7-15)6-14-11(17)9-5-8(16)3-4-10(9)13/h3-5,15-16H,6-7,13H2,1-2H3,(H,14,17). The van der Waals surface area contributed by atoms with Crippen molar-refractivity contribution in [1.82, 2.24) is 5.32 Å². The van der Waals surface area contributed by atoms with Crippen LogP contribution in [-0.2, 0) is 0 Å². The monoisotopic (exact) mass is 238 g/mol. The van der Waals surface area contributed by atoms with Crippen LogP contribution in [-0.4, -0.2) is 29.3 Å². The highest BCUT2D eigenvalue weighted by atomic mass is 16.3. The number of aliphatic hydroxyl groups is 1. The summed E-state index contributed by atoms with van der Waals surface area (Å²) in [5, 5.41) is 21.0. The molecular weight excluding hydrogens is 220 g/mol. The van der Waals surface area contributed by atoms with Gasteiger partial charge in [-0.3, -0.25) is 4.79 Å². The summed E-state index contributed by atoms with van der Waals surface area (Å²) in [6.45, 7) is 3.97. The Morgan fingerprint density at radius 3 is 2.71 bits per heavy atom. The number of amides is 1. The van der Waals surface area contributed by atoms with E-state index in [1.54, 1.807) is 0 Å². The smallest absolute Gasteiger partial charge is 0.253 e. The predicted molar refractivity (Wildman–Crippen MR) is 65.7 cm³/mol. The number of aliphatic hydroxyl groups excluding tert-OH is 1. The summed E-state index contributed by atoms with van der Waals surface area (Å²) < 4.78 is 0. The summed E-state index contributed by atoms with van der Waals surface area (Å²) in [6, 6.07) is 4.21. The second-order valence-electron chi connectivity index (χ2n) is 4.78. The maximum atomic E-state index is 11.8. The van der Waals surface area contributed by atoms with Crippen molar-refractivity contribution < 1.29 is 15.0 Å². The first-order valence-corrected chi connectivity index (χ1v) is 5.33. The molecule has 5 N–H and O–H groups in total. The quantitative estimate of drug-likeness (QED) is 0.459. The molecule has 0 heterocycles. The highest BCUT2D eigenvalue weighted by Crippen LogP contribution is 2.19. The first-order chi connectivity index (χ1) is 7.85. The SMILES string of the molecule is CC(C)(CO)CNC(=O)c1cc(O)ccc1N. The summed E-state index contributed by atoms with van der Waals surface area (Å²) in [6.07, 6.45) is 0. The Morgan fingerprint density at radius 2 is 2.12 bits per heavy atom. The van der Waals surface area contributed by atoms with Gasteiger partial charge in [0.1, 0.15) is 5.75 Å². The average molecular weight is 238 g/mol. The van der Waals surface area contributed by atoms with Crippen molar-refractivity contribution in [3.05, 3.63) is 23.8 Å². The number of hydrogen-bond acceptors (Lipinski definition) is 4. The maximum absolute atomic E-state index is 11.8. The van der Waals surface area contributed by atoms with E-state index in [1.165, 1.54) is 18.2 Å². The summed E-state index contributed by atoms with van der Waals surface area (Å²) in [7, 11) is 0. The third-order valence-corrected chi connectivity index (χ3v) is 2.44. The van der Waals surface area contributed by atoms with Gasteiger partial charge in [-0.1, -0.05) is 13.8 Å². The van der Waals surface area contributed by atoms with Gasteiger partial charge in [-0.15, -0.1) is 0 Å². The third-order valence-electron chi connectivity index (χ3n) is 2.44. The zero-order chi connectivity index (χ0) is 13.1. The van der Waals surface area contributed by atoms with E-state index in [0.29, 0.717) is 12.2 Å². The van der Waals surface area contributed by atoms with Crippen LogP contribution in [0.25, 0.3) is 0 Å². The molecule has 1 aromatic rings. The van der Waals surface area contributed by atoms with Crippen molar-refractivity contribution in [2.45, 2.75) is 13.8 Å². The lowest BCUT2D eigenvalue weighted by Gasteiger charge is -2.22. The summed E-state index contributed by atoms with van der Waals surface area (Å²) >= 11 is 0. The molecule has 0 aliphatic carbocycles. The Labute approximate surface area is 100 Å². The van der Waals surface area contributed by atoms with Gasteiger partial charge in [0.15, 0.2) is 0 Å². The number of nitrogen functional groups attached to an aromatic ring is 1. The van der Waals surface area contributed by atoms with Crippen LogP contribution in [0.1, 0.15) is 24.2 Å². The molecule has 1 amide bonds. The Bertz CT molecular complexity index is 416. The molecule has 0 radical (unpaired) electrons. The van der Waals surface area contributed by atoms with E-state index < -0.39 is 0 Å². The number of benzene rings is 1. The summed E-state index contributed by atoms with van der Waals surface area (Å²) in [5.41, 5.74) is 5.80. The van der Waals surface area contributed by atoms with Crippen LogP contribution in [0.15, 0.2) is 18.2 Å². The van der Waals surface area contributed by atoms with Crippen molar-refractivity contribution in [1.29, 1.82) is 0 Å². The van der Waals surface area contributed by atoms with Gasteiger partial charge in [-0.2, -0.15) is 0 Å². The molecule has 0 saturated heterocycles. The fourth-order valence-electron chi connectivity index (χ4n) is 1.21. The molecule has 0 saturated carbocycles. The van der Waals surface area contributed by atoms with Crippen molar-refractivity contribution >= 4 is 11.6 Å². The van der Waals surface area contributed by atoms with Crippen molar-refractivity contribution in [2.24, 2.45) is 5.41 Å². The lowest BCUT2D eigenvalue weighted by molar-refractivity contribution is 0.0911. The van der Waals surface area contributed by atoms with Gasteiger partial charge >= 0.3 is 0 Å².